The number of ether oxygens (including phenoxy) is 1. The van der Waals surface area contributed by atoms with E-state index < -0.39 is 17.3 Å². The first-order valence-electron chi connectivity index (χ1n) is 7.95. The van der Waals surface area contributed by atoms with Gasteiger partial charge in [-0.15, -0.1) is 0 Å². The standard InChI is InChI=1S/C20H19NO4/c1-20(2,3)25-19(23)21-15-9-10-17-14(11-15)12-16(18(22)24-17)13-7-5-4-6-8-13/h4-12H,1-3H3,(H,21,23). The normalized spacial score (nSPS) is 11.3. The number of anilines is 1. The SMILES string of the molecule is CC(C)(C)OC(=O)Nc1ccc2oc(=O)c(-c3ccccc3)cc2c1. The molecule has 1 aromatic heterocycles. The Hall–Kier alpha value is -3.08. The molecule has 0 aliphatic rings. The number of nitrogens with one attached hydrogen (secondary N) is 1. The van der Waals surface area contributed by atoms with Crippen LogP contribution in [-0.4, -0.2) is 11.7 Å². The first kappa shape index (κ1) is 16.8. The molecule has 0 unspecified atom stereocenters. The topological polar surface area (TPSA) is 68.5 Å². The quantitative estimate of drug-likeness (QED) is 0.682. The van der Waals surface area contributed by atoms with Gasteiger partial charge in [0.25, 0.3) is 0 Å². The van der Waals surface area contributed by atoms with Gasteiger partial charge in [-0.25, -0.2) is 9.59 Å². The molecule has 0 fully saturated rings. The van der Waals surface area contributed by atoms with Crippen molar-refractivity contribution in [3.05, 3.63) is 65.0 Å². The molecule has 3 rings (SSSR count). The Morgan fingerprint density at radius 3 is 2.44 bits per heavy atom. The van der Waals surface area contributed by atoms with Crippen molar-refractivity contribution < 1.29 is 13.9 Å². The lowest BCUT2D eigenvalue weighted by Crippen LogP contribution is -2.27. The Balaban J connectivity index is 1.95. The van der Waals surface area contributed by atoms with Crippen molar-refractivity contribution in [1.82, 2.24) is 0 Å². The third kappa shape index (κ3) is 4.07. The van der Waals surface area contributed by atoms with Crippen LogP contribution in [-0.2, 0) is 4.74 Å². The zero-order valence-electron chi connectivity index (χ0n) is 14.3. The number of amides is 1. The van der Waals surface area contributed by atoms with Gasteiger partial charge in [0.1, 0.15) is 11.2 Å². The van der Waals surface area contributed by atoms with E-state index in [1.165, 1.54) is 0 Å². The summed E-state index contributed by atoms with van der Waals surface area (Å²) in [6.45, 7) is 5.40. The lowest BCUT2D eigenvalue weighted by molar-refractivity contribution is 0.0636. The number of hydrogen-bond acceptors (Lipinski definition) is 4. The van der Waals surface area contributed by atoms with Crippen LogP contribution in [0.3, 0.4) is 0 Å². The maximum absolute atomic E-state index is 12.2. The van der Waals surface area contributed by atoms with E-state index in [-0.39, 0.29) is 0 Å². The van der Waals surface area contributed by atoms with Gasteiger partial charge in [-0.3, -0.25) is 5.32 Å². The molecule has 5 nitrogen and oxygen atoms in total. The fourth-order valence-corrected chi connectivity index (χ4v) is 2.44. The van der Waals surface area contributed by atoms with Crippen molar-refractivity contribution in [2.45, 2.75) is 26.4 Å². The van der Waals surface area contributed by atoms with E-state index in [1.807, 2.05) is 30.3 Å². The summed E-state index contributed by atoms with van der Waals surface area (Å²) in [6, 6.07) is 16.1. The van der Waals surface area contributed by atoms with E-state index in [2.05, 4.69) is 5.32 Å². The molecule has 128 valence electrons. The highest BCUT2D eigenvalue weighted by molar-refractivity contribution is 5.90. The number of fused-ring (bicyclic) bond motifs is 1. The fourth-order valence-electron chi connectivity index (χ4n) is 2.44. The predicted molar refractivity (Wildman–Crippen MR) is 97.8 cm³/mol. The molecule has 0 aliphatic heterocycles. The Bertz CT molecular complexity index is 968. The van der Waals surface area contributed by atoms with E-state index in [1.54, 1.807) is 45.0 Å². The van der Waals surface area contributed by atoms with Crippen molar-refractivity contribution in [3.63, 3.8) is 0 Å². The van der Waals surface area contributed by atoms with Crippen LogP contribution in [0.2, 0.25) is 0 Å². The molecule has 0 atom stereocenters. The zero-order chi connectivity index (χ0) is 18.0. The minimum absolute atomic E-state index is 0.397. The number of benzene rings is 2. The van der Waals surface area contributed by atoms with Gasteiger partial charge in [0, 0.05) is 11.1 Å². The van der Waals surface area contributed by atoms with Crippen LogP contribution in [0.15, 0.2) is 63.8 Å². The molecule has 0 spiro atoms. The molecular weight excluding hydrogens is 318 g/mol. The molecule has 2 aromatic carbocycles. The molecule has 1 amide bonds. The first-order valence-corrected chi connectivity index (χ1v) is 7.95. The highest BCUT2D eigenvalue weighted by atomic mass is 16.6. The van der Waals surface area contributed by atoms with E-state index in [4.69, 9.17) is 9.15 Å². The van der Waals surface area contributed by atoms with Crippen molar-refractivity contribution >= 4 is 22.7 Å². The molecule has 0 saturated carbocycles. The summed E-state index contributed by atoms with van der Waals surface area (Å²) in [4.78, 5) is 24.1. The molecule has 1 heterocycles. The van der Waals surface area contributed by atoms with Crippen LogP contribution in [0.5, 0.6) is 0 Å². The Labute approximate surface area is 145 Å². The van der Waals surface area contributed by atoms with Gasteiger partial charge in [-0.2, -0.15) is 0 Å². The van der Waals surface area contributed by atoms with Crippen LogP contribution in [0, 0.1) is 0 Å². The summed E-state index contributed by atoms with van der Waals surface area (Å²) >= 11 is 0. The number of carbonyl (C=O) groups excluding carboxylic acids is 1. The summed E-state index contributed by atoms with van der Waals surface area (Å²) in [5, 5.41) is 3.40. The van der Waals surface area contributed by atoms with Gasteiger partial charge in [0.15, 0.2) is 0 Å². The van der Waals surface area contributed by atoms with E-state index in [0.29, 0.717) is 22.2 Å². The lowest BCUT2D eigenvalue weighted by Gasteiger charge is -2.19. The molecular formula is C20H19NO4. The maximum Gasteiger partial charge on any atom is 0.412 e. The Kier molecular flexibility index (Phi) is 4.31. The van der Waals surface area contributed by atoms with Crippen LogP contribution in [0.4, 0.5) is 10.5 Å². The minimum atomic E-state index is -0.575. The predicted octanol–water partition coefficient (Wildman–Crippen LogP) is 4.81. The molecule has 25 heavy (non-hydrogen) atoms. The van der Waals surface area contributed by atoms with Crippen molar-refractivity contribution in [1.29, 1.82) is 0 Å². The van der Waals surface area contributed by atoms with Gasteiger partial charge in [-0.05, 0) is 50.6 Å². The summed E-state index contributed by atoms with van der Waals surface area (Å²) in [6.07, 6.45) is -0.535. The lowest BCUT2D eigenvalue weighted by atomic mass is 10.1. The van der Waals surface area contributed by atoms with Crippen LogP contribution in [0.1, 0.15) is 20.8 Å². The van der Waals surface area contributed by atoms with Crippen LogP contribution in [0.25, 0.3) is 22.1 Å². The number of carbonyl (C=O) groups is 1. The molecule has 0 aliphatic carbocycles. The van der Waals surface area contributed by atoms with Gasteiger partial charge < -0.3 is 9.15 Å². The van der Waals surface area contributed by atoms with Crippen molar-refractivity contribution in [2.24, 2.45) is 0 Å². The third-order valence-electron chi connectivity index (χ3n) is 3.46. The summed E-state index contributed by atoms with van der Waals surface area (Å²) in [5.41, 5.74) is 1.31. The smallest absolute Gasteiger partial charge is 0.412 e. The third-order valence-corrected chi connectivity index (χ3v) is 3.46. The van der Waals surface area contributed by atoms with Gasteiger partial charge in [0.05, 0.1) is 5.56 Å². The molecule has 1 N–H and O–H groups in total. The van der Waals surface area contributed by atoms with Gasteiger partial charge >= 0.3 is 11.7 Å². The minimum Gasteiger partial charge on any atom is -0.444 e. The van der Waals surface area contributed by atoms with Crippen LogP contribution >= 0.6 is 0 Å². The van der Waals surface area contributed by atoms with Crippen molar-refractivity contribution in [2.75, 3.05) is 5.32 Å². The highest BCUT2D eigenvalue weighted by Gasteiger charge is 2.16. The van der Waals surface area contributed by atoms with Crippen LogP contribution < -0.4 is 10.9 Å². The van der Waals surface area contributed by atoms with Gasteiger partial charge in [0.2, 0.25) is 0 Å². The number of rotatable bonds is 2. The summed E-state index contributed by atoms with van der Waals surface area (Å²) in [5.74, 6) is 0. The highest BCUT2D eigenvalue weighted by Crippen LogP contribution is 2.24. The summed E-state index contributed by atoms with van der Waals surface area (Å²) < 4.78 is 10.6. The largest absolute Gasteiger partial charge is 0.444 e. The number of hydrogen-bond donors (Lipinski definition) is 1. The second-order valence-corrected chi connectivity index (χ2v) is 6.69. The maximum atomic E-state index is 12.2. The zero-order valence-corrected chi connectivity index (χ0v) is 14.3. The average Bonchev–Trinajstić information content (AvgIpc) is 2.53. The molecule has 0 bridgehead atoms. The van der Waals surface area contributed by atoms with E-state index in [0.717, 1.165) is 5.56 Å². The molecule has 3 aromatic rings. The average molecular weight is 337 g/mol. The second kappa shape index (κ2) is 6.43. The molecule has 0 radical (unpaired) electrons. The second-order valence-electron chi connectivity index (χ2n) is 6.69. The Morgan fingerprint density at radius 1 is 1.04 bits per heavy atom. The van der Waals surface area contributed by atoms with E-state index in [9.17, 15) is 9.59 Å². The molecule has 0 saturated heterocycles. The first-order chi connectivity index (χ1) is 11.8. The fraction of sp³-hybridized carbons (Fsp3) is 0.200. The monoisotopic (exact) mass is 337 g/mol. The van der Waals surface area contributed by atoms with Gasteiger partial charge in [-0.1, -0.05) is 30.3 Å². The summed E-state index contributed by atoms with van der Waals surface area (Å²) in [7, 11) is 0. The van der Waals surface area contributed by atoms with Crippen molar-refractivity contribution in [3.8, 4) is 11.1 Å². The molecule has 5 heteroatoms. The Morgan fingerprint density at radius 2 is 1.76 bits per heavy atom. The van der Waals surface area contributed by atoms with E-state index >= 15 is 0 Å².